The molecule has 0 unspecified atom stereocenters. The second kappa shape index (κ2) is 8.39. The van der Waals surface area contributed by atoms with Crippen LogP contribution in [0.15, 0.2) is 66.8 Å². The summed E-state index contributed by atoms with van der Waals surface area (Å²) >= 11 is 0. The van der Waals surface area contributed by atoms with Crippen molar-refractivity contribution in [1.82, 2.24) is 0 Å². The molecule has 0 bridgehead atoms. The summed E-state index contributed by atoms with van der Waals surface area (Å²) in [5, 5.41) is 18.9. The molecule has 122 valence electrons. The lowest BCUT2D eigenvalue weighted by atomic mass is 10.1. The minimum atomic E-state index is -0.438. The maximum Gasteiger partial charge on any atom is 0.336 e. The van der Waals surface area contributed by atoms with E-state index in [1.54, 1.807) is 54.6 Å². The molecule has 2 rings (SSSR count). The van der Waals surface area contributed by atoms with Gasteiger partial charge in [-0.15, -0.1) is 0 Å². The van der Waals surface area contributed by atoms with Crippen LogP contribution in [0.25, 0.3) is 12.2 Å². The van der Waals surface area contributed by atoms with Crippen molar-refractivity contribution in [2.24, 2.45) is 0 Å². The molecule has 0 heterocycles. The fourth-order valence-electron chi connectivity index (χ4n) is 1.95. The third-order valence-corrected chi connectivity index (χ3v) is 3.03. The van der Waals surface area contributed by atoms with Crippen molar-refractivity contribution in [2.45, 2.75) is 6.92 Å². The normalized spacial score (nSPS) is 11.5. The molecule has 2 aromatic rings. The molecule has 0 aliphatic carbocycles. The first kappa shape index (κ1) is 17.1. The zero-order valence-electron chi connectivity index (χ0n) is 13.2. The van der Waals surface area contributed by atoms with Crippen LogP contribution in [0, 0.1) is 0 Å². The minimum absolute atomic E-state index is 0.00267. The second-order valence-corrected chi connectivity index (χ2v) is 4.99. The highest BCUT2D eigenvalue weighted by Gasteiger charge is 2.00. The number of ether oxygens (including phenoxy) is 1. The Labute approximate surface area is 140 Å². The summed E-state index contributed by atoms with van der Waals surface area (Å²) in [6.45, 7) is 1.86. The number of carbonyl (C=O) groups excluding carboxylic acids is 1. The van der Waals surface area contributed by atoms with E-state index in [9.17, 15) is 15.0 Å². The first-order chi connectivity index (χ1) is 11.6. The van der Waals surface area contributed by atoms with Gasteiger partial charge in [0.05, 0.1) is 0 Å². The largest absolute Gasteiger partial charge is 0.508 e. The van der Waals surface area contributed by atoms with Crippen LogP contribution in [0.1, 0.15) is 18.1 Å². The highest BCUT2D eigenvalue weighted by molar-refractivity contribution is 5.84. The lowest BCUT2D eigenvalue weighted by Crippen LogP contribution is -2.03. The first-order valence-corrected chi connectivity index (χ1v) is 7.39. The number of benzene rings is 2. The molecule has 0 amide bonds. The zero-order chi connectivity index (χ0) is 17.4. The number of hydrogen-bond donors (Lipinski definition) is 2. The molecule has 2 N–H and O–H groups in total. The Kier molecular flexibility index (Phi) is 5.97. The number of hydrogen-bond acceptors (Lipinski definition) is 4. The molecule has 4 heteroatoms. The fraction of sp³-hybridized carbons (Fsp3) is 0.0500. The van der Waals surface area contributed by atoms with Gasteiger partial charge in [0.25, 0.3) is 0 Å². The average molecular weight is 322 g/mol. The number of phenolic OH excluding ortho intramolecular Hbond substituents is 2. The molecule has 0 aliphatic rings. The van der Waals surface area contributed by atoms with Gasteiger partial charge in [0.1, 0.15) is 17.2 Å². The lowest BCUT2D eigenvalue weighted by molar-refractivity contribution is -0.128. The van der Waals surface area contributed by atoms with Gasteiger partial charge in [-0.1, -0.05) is 42.5 Å². The van der Waals surface area contributed by atoms with Crippen LogP contribution in [-0.4, -0.2) is 16.2 Å². The molecular formula is C20H18O4. The van der Waals surface area contributed by atoms with Gasteiger partial charge in [-0.25, -0.2) is 4.79 Å². The van der Waals surface area contributed by atoms with Gasteiger partial charge in [-0.3, -0.25) is 0 Å². The van der Waals surface area contributed by atoms with Crippen LogP contribution in [0.3, 0.4) is 0 Å². The van der Waals surface area contributed by atoms with Crippen molar-refractivity contribution >= 4 is 18.1 Å². The Morgan fingerprint density at radius 3 is 2.17 bits per heavy atom. The molecule has 0 atom stereocenters. The van der Waals surface area contributed by atoms with Gasteiger partial charge < -0.3 is 14.9 Å². The van der Waals surface area contributed by atoms with E-state index < -0.39 is 5.97 Å². The standard InChI is InChI=1S/C20H18O4/c1-2-3-4-5-20(23)24-19-10-8-15(9-11-19)6-7-16-12-17(21)14-18(22)13-16/h2-14,21-22H,1H3/b3-2+,5-4+,7-6?. The van der Waals surface area contributed by atoms with Crippen LogP contribution in [0.4, 0.5) is 0 Å². The number of aromatic hydroxyl groups is 2. The molecule has 0 radical (unpaired) electrons. The highest BCUT2D eigenvalue weighted by atomic mass is 16.5. The van der Waals surface area contributed by atoms with Gasteiger partial charge in [0.15, 0.2) is 0 Å². The van der Waals surface area contributed by atoms with Crippen molar-refractivity contribution in [1.29, 1.82) is 0 Å². The molecule has 0 spiro atoms. The van der Waals surface area contributed by atoms with Crippen molar-refractivity contribution in [2.75, 3.05) is 0 Å². The maximum absolute atomic E-state index is 11.5. The maximum atomic E-state index is 11.5. The summed E-state index contributed by atoms with van der Waals surface area (Å²) < 4.78 is 5.16. The van der Waals surface area contributed by atoms with E-state index >= 15 is 0 Å². The van der Waals surface area contributed by atoms with Crippen molar-refractivity contribution in [3.05, 3.63) is 77.9 Å². The summed E-state index contributed by atoms with van der Waals surface area (Å²) in [5.41, 5.74) is 1.57. The zero-order valence-corrected chi connectivity index (χ0v) is 13.2. The monoisotopic (exact) mass is 322 g/mol. The van der Waals surface area contributed by atoms with E-state index in [1.165, 1.54) is 12.1 Å². The molecule has 24 heavy (non-hydrogen) atoms. The van der Waals surface area contributed by atoms with E-state index in [2.05, 4.69) is 0 Å². The number of esters is 1. The predicted octanol–water partition coefficient (Wildman–Crippen LogP) is 4.31. The number of allylic oxidation sites excluding steroid dienone is 3. The SMILES string of the molecule is C/C=C/C=C/C(=O)Oc1ccc(C=Cc2cc(O)cc(O)c2)cc1. The van der Waals surface area contributed by atoms with E-state index in [4.69, 9.17) is 4.74 Å². The van der Waals surface area contributed by atoms with Crippen LogP contribution >= 0.6 is 0 Å². The van der Waals surface area contributed by atoms with E-state index in [0.717, 1.165) is 5.56 Å². The van der Waals surface area contributed by atoms with Crippen molar-refractivity contribution in [3.8, 4) is 17.2 Å². The van der Waals surface area contributed by atoms with Crippen LogP contribution in [0.2, 0.25) is 0 Å². The van der Waals surface area contributed by atoms with Crippen molar-refractivity contribution < 1.29 is 19.7 Å². The smallest absolute Gasteiger partial charge is 0.336 e. The van der Waals surface area contributed by atoms with Gasteiger partial charge in [-0.05, 0) is 42.3 Å². The van der Waals surface area contributed by atoms with Gasteiger partial charge in [0.2, 0.25) is 0 Å². The number of phenols is 2. The van der Waals surface area contributed by atoms with E-state index in [0.29, 0.717) is 11.3 Å². The second-order valence-electron chi connectivity index (χ2n) is 4.99. The Morgan fingerprint density at radius 2 is 1.54 bits per heavy atom. The Bertz CT molecular complexity index is 764. The van der Waals surface area contributed by atoms with E-state index in [-0.39, 0.29) is 11.5 Å². The number of rotatable bonds is 5. The minimum Gasteiger partial charge on any atom is -0.508 e. The Hall–Kier alpha value is -3.27. The third kappa shape index (κ3) is 5.50. The van der Waals surface area contributed by atoms with E-state index in [1.807, 2.05) is 19.1 Å². The first-order valence-electron chi connectivity index (χ1n) is 7.39. The molecule has 0 aromatic heterocycles. The Morgan fingerprint density at radius 1 is 0.917 bits per heavy atom. The van der Waals surface area contributed by atoms with Crippen LogP contribution in [-0.2, 0) is 4.79 Å². The Balaban J connectivity index is 2.01. The molecule has 2 aromatic carbocycles. The third-order valence-electron chi connectivity index (χ3n) is 3.03. The topological polar surface area (TPSA) is 66.8 Å². The summed E-state index contributed by atoms with van der Waals surface area (Å²) in [4.78, 5) is 11.5. The van der Waals surface area contributed by atoms with Crippen molar-refractivity contribution in [3.63, 3.8) is 0 Å². The average Bonchev–Trinajstić information content (AvgIpc) is 2.53. The molecule has 0 saturated carbocycles. The molecular weight excluding hydrogens is 304 g/mol. The van der Waals surface area contributed by atoms with Crippen LogP contribution in [0.5, 0.6) is 17.2 Å². The summed E-state index contributed by atoms with van der Waals surface area (Å²) in [6, 6.07) is 11.4. The number of carbonyl (C=O) groups is 1. The van der Waals surface area contributed by atoms with Crippen LogP contribution < -0.4 is 4.74 Å². The molecule has 0 fully saturated rings. The lowest BCUT2D eigenvalue weighted by Gasteiger charge is -2.02. The molecule has 0 saturated heterocycles. The van der Waals surface area contributed by atoms with Gasteiger partial charge in [0, 0.05) is 12.1 Å². The summed E-state index contributed by atoms with van der Waals surface area (Å²) in [7, 11) is 0. The summed E-state index contributed by atoms with van der Waals surface area (Å²) in [5.74, 6) is 0.0228. The quantitative estimate of drug-likeness (QED) is 0.283. The fourth-order valence-corrected chi connectivity index (χ4v) is 1.95. The molecule has 4 nitrogen and oxygen atoms in total. The van der Waals surface area contributed by atoms with Gasteiger partial charge in [-0.2, -0.15) is 0 Å². The molecule has 0 aliphatic heterocycles. The predicted molar refractivity (Wildman–Crippen MR) is 94.7 cm³/mol. The van der Waals surface area contributed by atoms with Gasteiger partial charge >= 0.3 is 5.97 Å². The summed E-state index contributed by atoms with van der Waals surface area (Å²) in [6.07, 6.45) is 10.1. The highest BCUT2D eigenvalue weighted by Crippen LogP contribution is 2.22.